The third kappa shape index (κ3) is 5.23. The average molecular weight is 360 g/mol. The smallest absolute Gasteiger partial charge is 0.261 e. The molecular weight excluding hydrogens is 334 g/mol. The molecule has 2 rings (SSSR count). The number of nitrogens with one attached hydrogen (secondary N) is 1. The van der Waals surface area contributed by atoms with Crippen molar-refractivity contribution in [3.8, 4) is 5.75 Å². The van der Waals surface area contributed by atoms with Crippen LogP contribution >= 0.6 is 11.6 Å². The summed E-state index contributed by atoms with van der Waals surface area (Å²) in [5, 5.41) is 3.52. The Hall–Kier alpha value is -2.00. The van der Waals surface area contributed by atoms with Gasteiger partial charge in [0.15, 0.2) is 6.10 Å². The lowest BCUT2D eigenvalue weighted by Gasteiger charge is -2.19. The van der Waals surface area contributed by atoms with Gasteiger partial charge in [0.2, 0.25) is 0 Å². The lowest BCUT2D eigenvalue weighted by Crippen LogP contribution is -2.37. The first kappa shape index (κ1) is 19.3. The van der Waals surface area contributed by atoms with Gasteiger partial charge in [-0.1, -0.05) is 62.7 Å². The van der Waals surface area contributed by atoms with E-state index in [1.807, 2.05) is 19.1 Å². The van der Waals surface area contributed by atoms with E-state index in [1.54, 1.807) is 12.1 Å². The summed E-state index contributed by atoms with van der Waals surface area (Å²) < 4.78 is 5.80. The van der Waals surface area contributed by atoms with Crippen molar-refractivity contribution in [2.24, 2.45) is 0 Å². The molecule has 4 heteroatoms. The van der Waals surface area contributed by atoms with Crippen LogP contribution in [0.5, 0.6) is 5.75 Å². The SMILES string of the molecule is CCc1ccc(CC)c(CNC(=O)C(CC)Oc2ccccc2Cl)c1. The summed E-state index contributed by atoms with van der Waals surface area (Å²) in [4.78, 5) is 12.5. The molecule has 0 spiro atoms. The van der Waals surface area contributed by atoms with Gasteiger partial charge in [-0.15, -0.1) is 0 Å². The van der Waals surface area contributed by atoms with E-state index in [1.165, 1.54) is 16.7 Å². The van der Waals surface area contributed by atoms with Gasteiger partial charge in [-0.05, 0) is 48.1 Å². The summed E-state index contributed by atoms with van der Waals surface area (Å²) in [7, 11) is 0. The molecule has 0 aromatic heterocycles. The van der Waals surface area contributed by atoms with Gasteiger partial charge >= 0.3 is 0 Å². The Balaban J connectivity index is 2.04. The fourth-order valence-corrected chi connectivity index (χ4v) is 2.90. The van der Waals surface area contributed by atoms with Gasteiger partial charge in [-0.25, -0.2) is 0 Å². The van der Waals surface area contributed by atoms with Gasteiger partial charge in [-0.3, -0.25) is 4.79 Å². The number of benzene rings is 2. The topological polar surface area (TPSA) is 38.3 Å². The lowest BCUT2D eigenvalue weighted by molar-refractivity contribution is -0.128. The predicted octanol–water partition coefficient (Wildman–Crippen LogP) is 4.94. The number of carbonyl (C=O) groups excluding carboxylic acids is 1. The van der Waals surface area contributed by atoms with E-state index < -0.39 is 6.10 Å². The van der Waals surface area contributed by atoms with Crippen LogP contribution in [-0.4, -0.2) is 12.0 Å². The minimum absolute atomic E-state index is 0.119. The van der Waals surface area contributed by atoms with E-state index in [0.29, 0.717) is 23.7 Å². The normalized spacial score (nSPS) is 11.8. The second-order valence-corrected chi connectivity index (χ2v) is 6.38. The Morgan fingerprint density at radius 3 is 2.48 bits per heavy atom. The van der Waals surface area contributed by atoms with Gasteiger partial charge < -0.3 is 10.1 Å². The molecule has 1 unspecified atom stereocenters. The standard InChI is InChI=1S/C21H26ClNO2/c1-4-15-11-12-16(5-2)17(13-15)14-23-21(24)19(6-3)25-20-10-8-7-9-18(20)22/h7-13,19H,4-6,14H2,1-3H3,(H,23,24). The molecule has 2 aromatic rings. The highest BCUT2D eigenvalue weighted by atomic mass is 35.5. The van der Waals surface area contributed by atoms with Crippen molar-refractivity contribution in [3.63, 3.8) is 0 Å². The Kier molecular flexibility index (Phi) is 7.32. The number of aryl methyl sites for hydroxylation is 2. The zero-order valence-corrected chi connectivity index (χ0v) is 15.9. The number of rotatable bonds is 8. The van der Waals surface area contributed by atoms with Crippen LogP contribution in [0.4, 0.5) is 0 Å². The molecule has 0 saturated heterocycles. The highest BCUT2D eigenvalue weighted by Crippen LogP contribution is 2.25. The third-order valence-electron chi connectivity index (χ3n) is 4.28. The summed E-state index contributed by atoms with van der Waals surface area (Å²) in [5.41, 5.74) is 3.71. The summed E-state index contributed by atoms with van der Waals surface area (Å²) in [6.45, 7) is 6.70. The fourth-order valence-electron chi connectivity index (χ4n) is 2.72. The van der Waals surface area contributed by atoms with Gasteiger partial charge in [-0.2, -0.15) is 0 Å². The first-order valence-corrected chi connectivity index (χ1v) is 9.26. The maximum atomic E-state index is 12.5. The van der Waals surface area contributed by atoms with E-state index >= 15 is 0 Å². The molecule has 0 saturated carbocycles. The van der Waals surface area contributed by atoms with Crippen molar-refractivity contribution in [3.05, 3.63) is 64.2 Å². The number of amides is 1. The number of ether oxygens (including phenoxy) is 1. The molecule has 1 amide bonds. The van der Waals surface area contributed by atoms with E-state index in [4.69, 9.17) is 16.3 Å². The quantitative estimate of drug-likeness (QED) is 0.725. The minimum Gasteiger partial charge on any atom is -0.479 e. The molecule has 0 aliphatic heterocycles. The predicted molar refractivity (Wildman–Crippen MR) is 103 cm³/mol. The maximum Gasteiger partial charge on any atom is 0.261 e. The van der Waals surface area contributed by atoms with Gasteiger partial charge in [0, 0.05) is 6.54 Å². The highest BCUT2D eigenvalue weighted by Gasteiger charge is 2.19. The van der Waals surface area contributed by atoms with Crippen LogP contribution in [0.15, 0.2) is 42.5 Å². The molecule has 134 valence electrons. The molecule has 0 aliphatic rings. The Labute approximate surface area is 155 Å². The Morgan fingerprint density at radius 2 is 1.84 bits per heavy atom. The number of halogens is 1. The van der Waals surface area contributed by atoms with Crippen molar-refractivity contribution >= 4 is 17.5 Å². The van der Waals surface area contributed by atoms with Gasteiger partial charge in [0.05, 0.1) is 5.02 Å². The monoisotopic (exact) mass is 359 g/mol. The van der Waals surface area contributed by atoms with Crippen LogP contribution in [0, 0.1) is 0 Å². The molecule has 1 atom stereocenters. The molecule has 0 fully saturated rings. The van der Waals surface area contributed by atoms with E-state index in [-0.39, 0.29) is 5.91 Å². The molecular formula is C21H26ClNO2. The van der Waals surface area contributed by atoms with Crippen LogP contribution in [0.1, 0.15) is 43.9 Å². The van der Waals surface area contributed by atoms with Crippen molar-refractivity contribution in [1.29, 1.82) is 0 Å². The van der Waals surface area contributed by atoms with Crippen LogP contribution in [-0.2, 0) is 24.2 Å². The molecule has 0 heterocycles. The second kappa shape index (κ2) is 9.47. The summed E-state index contributed by atoms with van der Waals surface area (Å²) in [6.07, 6.45) is 1.95. The zero-order chi connectivity index (χ0) is 18.2. The number of hydrogen-bond acceptors (Lipinski definition) is 2. The average Bonchev–Trinajstić information content (AvgIpc) is 2.65. The van der Waals surface area contributed by atoms with Crippen LogP contribution in [0.25, 0.3) is 0 Å². The Morgan fingerprint density at radius 1 is 1.08 bits per heavy atom. The summed E-state index contributed by atoms with van der Waals surface area (Å²) in [5.74, 6) is 0.416. The fraction of sp³-hybridized carbons (Fsp3) is 0.381. The van der Waals surface area contributed by atoms with Crippen molar-refractivity contribution < 1.29 is 9.53 Å². The van der Waals surface area contributed by atoms with Gasteiger partial charge in [0.25, 0.3) is 5.91 Å². The summed E-state index contributed by atoms with van der Waals surface area (Å²) in [6, 6.07) is 13.7. The second-order valence-electron chi connectivity index (χ2n) is 5.97. The van der Waals surface area contributed by atoms with Crippen molar-refractivity contribution in [2.75, 3.05) is 0 Å². The zero-order valence-electron chi connectivity index (χ0n) is 15.1. The lowest BCUT2D eigenvalue weighted by atomic mass is 10.0. The first-order chi connectivity index (χ1) is 12.1. The van der Waals surface area contributed by atoms with Gasteiger partial charge in [0.1, 0.15) is 5.75 Å². The first-order valence-electron chi connectivity index (χ1n) is 8.88. The molecule has 1 N–H and O–H groups in total. The number of para-hydroxylation sites is 1. The molecule has 2 aromatic carbocycles. The number of hydrogen-bond donors (Lipinski definition) is 1. The molecule has 0 bridgehead atoms. The van der Waals surface area contributed by atoms with E-state index in [2.05, 4.69) is 37.4 Å². The molecule has 3 nitrogen and oxygen atoms in total. The van der Waals surface area contributed by atoms with Crippen molar-refractivity contribution in [1.82, 2.24) is 5.32 Å². The largest absolute Gasteiger partial charge is 0.479 e. The highest BCUT2D eigenvalue weighted by molar-refractivity contribution is 6.32. The minimum atomic E-state index is -0.556. The third-order valence-corrected chi connectivity index (χ3v) is 4.59. The van der Waals surface area contributed by atoms with E-state index in [9.17, 15) is 4.79 Å². The molecule has 0 aliphatic carbocycles. The van der Waals surface area contributed by atoms with Crippen LogP contribution in [0.2, 0.25) is 5.02 Å². The molecule has 25 heavy (non-hydrogen) atoms. The van der Waals surface area contributed by atoms with E-state index in [0.717, 1.165) is 12.8 Å². The van der Waals surface area contributed by atoms with Crippen LogP contribution in [0.3, 0.4) is 0 Å². The Bertz CT molecular complexity index is 715. The summed E-state index contributed by atoms with van der Waals surface area (Å²) >= 11 is 6.12. The molecule has 0 radical (unpaired) electrons. The van der Waals surface area contributed by atoms with Crippen molar-refractivity contribution in [2.45, 2.75) is 52.7 Å². The van der Waals surface area contributed by atoms with Crippen LogP contribution < -0.4 is 10.1 Å². The maximum absolute atomic E-state index is 12.5. The number of carbonyl (C=O) groups is 1.